The normalized spacial score (nSPS) is 10.0. The Morgan fingerprint density at radius 1 is 1.38 bits per heavy atom. The molecule has 6 heteroatoms. The van der Waals surface area contributed by atoms with Crippen LogP contribution in [0, 0.1) is 6.92 Å². The molecule has 0 saturated carbocycles. The summed E-state index contributed by atoms with van der Waals surface area (Å²) in [5, 5.41) is 5.83. The lowest BCUT2D eigenvalue weighted by atomic mass is 10.2. The molecule has 1 aromatic heterocycles. The van der Waals surface area contributed by atoms with Crippen molar-refractivity contribution >= 4 is 33.3 Å². The molecule has 2 aromatic rings. The van der Waals surface area contributed by atoms with Crippen molar-refractivity contribution in [1.82, 2.24) is 9.97 Å². The molecule has 0 aliphatic heterocycles. The molecule has 0 bridgehead atoms. The highest BCUT2D eigenvalue weighted by Crippen LogP contribution is 2.23. The van der Waals surface area contributed by atoms with Crippen molar-refractivity contribution in [2.24, 2.45) is 0 Å². The smallest absolute Gasteiger partial charge is 0.274 e. The first kappa shape index (κ1) is 15.2. The molecule has 21 heavy (non-hydrogen) atoms. The summed E-state index contributed by atoms with van der Waals surface area (Å²) in [6.07, 6.45) is 3.07. The van der Waals surface area contributed by atoms with E-state index in [9.17, 15) is 4.79 Å². The molecule has 2 N–H and O–H groups in total. The third kappa shape index (κ3) is 4.13. The minimum absolute atomic E-state index is 0.288. The maximum Gasteiger partial charge on any atom is 0.274 e. The van der Waals surface area contributed by atoms with Crippen molar-refractivity contribution in [2.75, 3.05) is 17.2 Å². The second-order valence-electron chi connectivity index (χ2n) is 4.40. The van der Waals surface area contributed by atoms with Crippen LogP contribution in [0.1, 0.15) is 16.1 Å². The number of nitrogens with one attached hydrogen (secondary N) is 2. The van der Waals surface area contributed by atoms with Crippen LogP contribution in [-0.4, -0.2) is 22.4 Å². The first-order valence-electron chi connectivity index (χ1n) is 6.34. The molecule has 0 aliphatic rings. The third-order valence-electron chi connectivity index (χ3n) is 2.70. The number of amides is 1. The average molecular weight is 347 g/mol. The minimum atomic E-state index is -0.288. The van der Waals surface area contributed by atoms with Crippen LogP contribution in [0.5, 0.6) is 0 Å². The van der Waals surface area contributed by atoms with Crippen LogP contribution < -0.4 is 10.6 Å². The van der Waals surface area contributed by atoms with Crippen LogP contribution in [0.3, 0.4) is 0 Å². The van der Waals surface area contributed by atoms with Crippen LogP contribution in [0.25, 0.3) is 0 Å². The van der Waals surface area contributed by atoms with Crippen molar-refractivity contribution < 1.29 is 4.79 Å². The van der Waals surface area contributed by atoms with Gasteiger partial charge >= 0.3 is 0 Å². The predicted molar refractivity (Wildman–Crippen MR) is 87.6 cm³/mol. The predicted octanol–water partition coefficient (Wildman–Crippen LogP) is 3.40. The van der Waals surface area contributed by atoms with E-state index in [-0.39, 0.29) is 5.91 Å². The third-order valence-corrected chi connectivity index (χ3v) is 3.36. The van der Waals surface area contributed by atoms with Gasteiger partial charge in [-0.15, -0.1) is 6.58 Å². The molecule has 5 nitrogen and oxygen atoms in total. The van der Waals surface area contributed by atoms with E-state index in [1.165, 1.54) is 6.33 Å². The second-order valence-corrected chi connectivity index (χ2v) is 5.25. The fourth-order valence-corrected chi connectivity index (χ4v) is 2.26. The van der Waals surface area contributed by atoms with Crippen molar-refractivity contribution in [3.05, 3.63) is 59.0 Å². The highest BCUT2D eigenvalue weighted by atomic mass is 79.9. The quantitative estimate of drug-likeness (QED) is 0.814. The molecule has 0 saturated heterocycles. The van der Waals surface area contributed by atoms with E-state index in [4.69, 9.17) is 0 Å². The standard InChI is InChI=1S/C15H15BrN4O/c1-3-6-17-14-8-13(18-9-19-14)15(21)20-12-5-4-10(2)7-11(12)16/h3-5,7-9H,1,6H2,2H3,(H,20,21)(H,17,18,19). The Labute approximate surface area is 131 Å². The Morgan fingerprint density at radius 3 is 2.90 bits per heavy atom. The summed E-state index contributed by atoms with van der Waals surface area (Å²) in [6.45, 7) is 6.17. The summed E-state index contributed by atoms with van der Waals surface area (Å²) < 4.78 is 0.829. The first-order chi connectivity index (χ1) is 10.1. The first-order valence-corrected chi connectivity index (χ1v) is 7.14. The maximum atomic E-state index is 12.2. The number of carbonyl (C=O) groups excluding carboxylic acids is 1. The number of halogens is 1. The molecular weight excluding hydrogens is 332 g/mol. The summed E-state index contributed by atoms with van der Waals surface area (Å²) in [7, 11) is 0. The molecule has 1 amide bonds. The minimum Gasteiger partial charge on any atom is -0.366 e. The summed E-state index contributed by atoms with van der Waals surface area (Å²) in [4.78, 5) is 20.2. The van der Waals surface area contributed by atoms with Crippen molar-refractivity contribution in [3.63, 3.8) is 0 Å². The van der Waals surface area contributed by atoms with Gasteiger partial charge in [-0.2, -0.15) is 0 Å². The van der Waals surface area contributed by atoms with Gasteiger partial charge in [0, 0.05) is 17.1 Å². The van der Waals surface area contributed by atoms with Crippen LogP contribution >= 0.6 is 15.9 Å². The van der Waals surface area contributed by atoms with Gasteiger partial charge in [0.05, 0.1) is 5.69 Å². The van der Waals surface area contributed by atoms with Gasteiger partial charge in [0.25, 0.3) is 5.91 Å². The van der Waals surface area contributed by atoms with Gasteiger partial charge in [0.15, 0.2) is 0 Å². The largest absolute Gasteiger partial charge is 0.366 e. The van der Waals surface area contributed by atoms with Crippen molar-refractivity contribution in [3.8, 4) is 0 Å². The maximum absolute atomic E-state index is 12.2. The van der Waals surface area contributed by atoms with Gasteiger partial charge in [0.2, 0.25) is 0 Å². The molecule has 2 rings (SSSR count). The molecule has 0 unspecified atom stereocenters. The Morgan fingerprint density at radius 2 is 2.19 bits per heavy atom. The lowest BCUT2D eigenvalue weighted by molar-refractivity contribution is 0.102. The van der Waals surface area contributed by atoms with Gasteiger partial charge in [-0.05, 0) is 40.5 Å². The molecule has 0 atom stereocenters. The molecule has 0 radical (unpaired) electrons. The number of hydrogen-bond acceptors (Lipinski definition) is 4. The van der Waals surface area contributed by atoms with E-state index in [2.05, 4.69) is 43.1 Å². The molecule has 1 heterocycles. The van der Waals surface area contributed by atoms with E-state index in [1.807, 2.05) is 25.1 Å². The molecule has 1 aromatic carbocycles. The number of nitrogens with zero attached hydrogens (tertiary/aromatic N) is 2. The van der Waals surface area contributed by atoms with Crippen molar-refractivity contribution in [1.29, 1.82) is 0 Å². The number of hydrogen-bond donors (Lipinski definition) is 2. The lowest BCUT2D eigenvalue weighted by Gasteiger charge is -2.08. The van der Waals surface area contributed by atoms with Gasteiger partial charge in [-0.1, -0.05) is 12.1 Å². The Hall–Kier alpha value is -2.21. The van der Waals surface area contributed by atoms with Crippen LogP contribution in [-0.2, 0) is 0 Å². The summed E-state index contributed by atoms with van der Waals surface area (Å²) >= 11 is 3.43. The lowest BCUT2D eigenvalue weighted by Crippen LogP contribution is -2.15. The zero-order valence-electron chi connectivity index (χ0n) is 11.6. The SMILES string of the molecule is C=CCNc1cc(C(=O)Nc2ccc(C)cc2Br)ncn1. The van der Waals surface area contributed by atoms with Crippen LogP contribution in [0.15, 0.2) is 47.7 Å². The van der Waals surface area contributed by atoms with E-state index < -0.39 is 0 Å². The molecule has 0 spiro atoms. The Bertz CT molecular complexity index is 672. The molecule has 0 fully saturated rings. The van der Waals surface area contributed by atoms with E-state index >= 15 is 0 Å². The highest BCUT2D eigenvalue weighted by molar-refractivity contribution is 9.10. The zero-order valence-corrected chi connectivity index (χ0v) is 13.1. The summed E-state index contributed by atoms with van der Waals surface area (Å²) in [5.74, 6) is 0.293. The van der Waals surface area contributed by atoms with Gasteiger partial charge < -0.3 is 10.6 Å². The van der Waals surface area contributed by atoms with Gasteiger partial charge in [-0.25, -0.2) is 9.97 Å². The van der Waals surface area contributed by atoms with Gasteiger partial charge in [-0.3, -0.25) is 4.79 Å². The topological polar surface area (TPSA) is 66.9 Å². The number of anilines is 2. The van der Waals surface area contributed by atoms with Gasteiger partial charge in [0.1, 0.15) is 17.8 Å². The number of benzene rings is 1. The van der Waals surface area contributed by atoms with Crippen LogP contribution in [0.4, 0.5) is 11.5 Å². The molecule has 0 aliphatic carbocycles. The Balaban J connectivity index is 2.14. The summed E-state index contributed by atoms with van der Waals surface area (Å²) in [5.41, 5.74) is 2.10. The van der Waals surface area contributed by atoms with E-state index in [0.717, 1.165) is 10.0 Å². The van der Waals surface area contributed by atoms with E-state index in [0.29, 0.717) is 23.7 Å². The second kappa shape index (κ2) is 6.99. The fourth-order valence-electron chi connectivity index (χ4n) is 1.66. The molecule has 108 valence electrons. The van der Waals surface area contributed by atoms with E-state index in [1.54, 1.807) is 12.1 Å². The number of carbonyl (C=O) groups is 1. The zero-order chi connectivity index (χ0) is 15.2. The fraction of sp³-hybridized carbons (Fsp3) is 0.133. The average Bonchev–Trinajstić information content (AvgIpc) is 2.48. The highest BCUT2D eigenvalue weighted by Gasteiger charge is 2.10. The number of rotatable bonds is 5. The molecular formula is C15H15BrN4O. The number of aromatic nitrogens is 2. The number of aryl methyl sites for hydroxylation is 1. The van der Waals surface area contributed by atoms with Crippen molar-refractivity contribution in [2.45, 2.75) is 6.92 Å². The Kier molecular flexibility index (Phi) is 5.05. The monoisotopic (exact) mass is 346 g/mol. The van der Waals surface area contributed by atoms with Crippen LogP contribution in [0.2, 0.25) is 0 Å². The summed E-state index contributed by atoms with van der Waals surface area (Å²) in [6, 6.07) is 7.31.